The van der Waals surface area contributed by atoms with Crippen LogP contribution < -0.4 is 4.74 Å². The molecule has 0 spiro atoms. The maximum atomic E-state index is 13.6. The summed E-state index contributed by atoms with van der Waals surface area (Å²) in [6.45, 7) is 0. The van der Waals surface area contributed by atoms with Gasteiger partial charge in [0.25, 0.3) is 0 Å². The number of carboxylic acids is 1. The average molecular weight is 267 g/mol. The van der Waals surface area contributed by atoms with E-state index in [-0.39, 0.29) is 22.1 Å². The van der Waals surface area contributed by atoms with Crippen molar-refractivity contribution in [3.63, 3.8) is 0 Å². The Hall–Kier alpha value is -2.07. The Bertz CT molecular complexity index is 599. The third kappa shape index (κ3) is 2.43. The fraction of sp³-hybridized carbons (Fsp3) is 0. The molecule has 0 aliphatic rings. The van der Waals surface area contributed by atoms with Crippen molar-refractivity contribution in [3.05, 3.63) is 58.9 Å². The van der Waals surface area contributed by atoms with Crippen LogP contribution >= 0.6 is 11.6 Å². The lowest BCUT2D eigenvalue weighted by Crippen LogP contribution is -2.00. The van der Waals surface area contributed by atoms with Gasteiger partial charge in [0.1, 0.15) is 11.3 Å². The van der Waals surface area contributed by atoms with Gasteiger partial charge in [0.15, 0.2) is 11.6 Å². The van der Waals surface area contributed by atoms with E-state index in [1.807, 2.05) is 0 Å². The first kappa shape index (κ1) is 12.4. The molecule has 0 bridgehead atoms. The minimum Gasteiger partial charge on any atom is -0.478 e. The van der Waals surface area contributed by atoms with Crippen LogP contribution in [0, 0.1) is 5.82 Å². The van der Waals surface area contributed by atoms with Crippen molar-refractivity contribution >= 4 is 17.6 Å². The van der Waals surface area contributed by atoms with Gasteiger partial charge in [-0.2, -0.15) is 0 Å². The van der Waals surface area contributed by atoms with Gasteiger partial charge >= 0.3 is 5.97 Å². The number of aromatic carboxylic acids is 1. The molecule has 1 N–H and O–H groups in total. The standard InChI is InChI=1S/C13H8ClFO3/c14-9-5-3-7-11(12(9)15)18-10-6-2-1-4-8(10)13(16)17/h1-7H,(H,16,17). The van der Waals surface area contributed by atoms with Crippen molar-refractivity contribution in [1.29, 1.82) is 0 Å². The van der Waals surface area contributed by atoms with Gasteiger partial charge in [0.2, 0.25) is 0 Å². The molecule has 3 nitrogen and oxygen atoms in total. The van der Waals surface area contributed by atoms with Crippen LogP contribution in [0.25, 0.3) is 0 Å². The topological polar surface area (TPSA) is 46.5 Å². The first-order valence-electron chi connectivity index (χ1n) is 5.04. The summed E-state index contributed by atoms with van der Waals surface area (Å²) in [6.07, 6.45) is 0. The minimum absolute atomic E-state index is 0.0446. The molecule has 0 saturated heterocycles. The molecule has 2 rings (SSSR count). The van der Waals surface area contributed by atoms with Crippen LogP contribution in [0.4, 0.5) is 4.39 Å². The van der Waals surface area contributed by atoms with Crippen LogP contribution in [-0.4, -0.2) is 11.1 Å². The van der Waals surface area contributed by atoms with Gasteiger partial charge in [-0.3, -0.25) is 0 Å². The van der Waals surface area contributed by atoms with Crippen LogP contribution in [0.1, 0.15) is 10.4 Å². The lowest BCUT2D eigenvalue weighted by Gasteiger charge is -2.09. The van der Waals surface area contributed by atoms with Crippen LogP contribution in [0.3, 0.4) is 0 Å². The zero-order valence-electron chi connectivity index (χ0n) is 9.06. The summed E-state index contributed by atoms with van der Waals surface area (Å²) in [5.41, 5.74) is -0.0446. The highest BCUT2D eigenvalue weighted by Gasteiger charge is 2.14. The van der Waals surface area contributed by atoms with Gasteiger partial charge < -0.3 is 9.84 Å². The Morgan fingerprint density at radius 2 is 1.78 bits per heavy atom. The molecule has 0 aliphatic heterocycles. The van der Waals surface area contributed by atoms with Crippen LogP contribution in [0.5, 0.6) is 11.5 Å². The number of hydrogen-bond acceptors (Lipinski definition) is 2. The highest BCUT2D eigenvalue weighted by atomic mass is 35.5. The predicted octanol–water partition coefficient (Wildman–Crippen LogP) is 3.97. The van der Waals surface area contributed by atoms with Gasteiger partial charge in [-0.25, -0.2) is 9.18 Å². The highest BCUT2D eigenvalue weighted by Crippen LogP contribution is 2.30. The number of carboxylic acid groups (broad SMARTS) is 1. The van der Waals surface area contributed by atoms with Crippen molar-refractivity contribution in [2.45, 2.75) is 0 Å². The molecule has 2 aromatic rings. The maximum Gasteiger partial charge on any atom is 0.339 e. The quantitative estimate of drug-likeness (QED) is 0.914. The average Bonchev–Trinajstić information content (AvgIpc) is 2.35. The maximum absolute atomic E-state index is 13.6. The second-order valence-electron chi connectivity index (χ2n) is 3.46. The Morgan fingerprint density at radius 1 is 1.11 bits per heavy atom. The fourth-order valence-electron chi connectivity index (χ4n) is 1.41. The first-order chi connectivity index (χ1) is 8.59. The molecule has 0 unspecified atom stereocenters. The second kappa shape index (κ2) is 5.06. The van der Waals surface area contributed by atoms with E-state index in [4.69, 9.17) is 21.4 Å². The van der Waals surface area contributed by atoms with Crippen molar-refractivity contribution in [1.82, 2.24) is 0 Å². The lowest BCUT2D eigenvalue weighted by molar-refractivity contribution is 0.0694. The van der Waals surface area contributed by atoms with E-state index in [0.717, 1.165) is 0 Å². The molecular formula is C13H8ClFO3. The van der Waals surface area contributed by atoms with Crippen molar-refractivity contribution in [2.75, 3.05) is 0 Å². The molecule has 0 aliphatic carbocycles. The summed E-state index contributed by atoms with van der Waals surface area (Å²) in [5, 5.41) is 8.88. The number of ether oxygens (including phenoxy) is 1. The molecule has 5 heteroatoms. The summed E-state index contributed by atoms with van der Waals surface area (Å²) in [5.74, 6) is -1.92. The Labute approximate surface area is 107 Å². The summed E-state index contributed by atoms with van der Waals surface area (Å²) >= 11 is 5.61. The van der Waals surface area contributed by atoms with Gasteiger partial charge in [-0.05, 0) is 24.3 Å². The summed E-state index contributed by atoms with van der Waals surface area (Å²) in [4.78, 5) is 11.0. The van der Waals surface area contributed by atoms with E-state index in [1.165, 1.54) is 30.3 Å². The molecule has 18 heavy (non-hydrogen) atoms. The minimum atomic E-state index is -1.15. The molecule has 92 valence electrons. The molecule has 2 aromatic carbocycles. The van der Waals surface area contributed by atoms with Gasteiger partial charge in [0.05, 0.1) is 5.02 Å². The highest BCUT2D eigenvalue weighted by molar-refractivity contribution is 6.30. The number of halogens is 2. The van der Waals surface area contributed by atoms with Crippen LogP contribution in [-0.2, 0) is 0 Å². The van der Waals surface area contributed by atoms with Gasteiger partial charge in [-0.1, -0.05) is 29.8 Å². The monoisotopic (exact) mass is 266 g/mol. The Balaban J connectivity index is 2.40. The van der Waals surface area contributed by atoms with Crippen molar-refractivity contribution in [3.8, 4) is 11.5 Å². The molecule has 0 saturated carbocycles. The fourth-order valence-corrected chi connectivity index (χ4v) is 1.58. The molecule has 0 aromatic heterocycles. The number of benzene rings is 2. The third-order valence-corrected chi connectivity index (χ3v) is 2.55. The SMILES string of the molecule is O=C(O)c1ccccc1Oc1cccc(Cl)c1F. The second-order valence-corrected chi connectivity index (χ2v) is 3.86. The van der Waals surface area contributed by atoms with Crippen molar-refractivity contribution in [2.24, 2.45) is 0 Å². The molecule has 0 radical (unpaired) electrons. The normalized spacial score (nSPS) is 10.1. The van der Waals surface area contributed by atoms with E-state index in [9.17, 15) is 9.18 Å². The Morgan fingerprint density at radius 3 is 2.50 bits per heavy atom. The zero-order chi connectivity index (χ0) is 13.1. The van der Waals surface area contributed by atoms with Gasteiger partial charge in [-0.15, -0.1) is 0 Å². The van der Waals surface area contributed by atoms with Crippen molar-refractivity contribution < 1.29 is 19.0 Å². The lowest BCUT2D eigenvalue weighted by atomic mass is 10.2. The number of carbonyl (C=O) groups is 1. The molecule has 0 fully saturated rings. The predicted molar refractivity (Wildman–Crippen MR) is 64.9 cm³/mol. The van der Waals surface area contributed by atoms with E-state index in [1.54, 1.807) is 12.1 Å². The third-order valence-electron chi connectivity index (χ3n) is 2.25. The summed E-state index contributed by atoms with van der Waals surface area (Å²) < 4.78 is 18.9. The number of para-hydroxylation sites is 1. The summed E-state index contributed by atoms with van der Waals surface area (Å²) in [7, 11) is 0. The van der Waals surface area contributed by atoms with E-state index >= 15 is 0 Å². The molecule has 0 atom stereocenters. The first-order valence-corrected chi connectivity index (χ1v) is 5.41. The molecule has 0 amide bonds. The number of hydrogen-bond donors (Lipinski definition) is 1. The van der Waals surface area contributed by atoms with Gasteiger partial charge in [0, 0.05) is 0 Å². The summed E-state index contributed by atoms with van der Waals surface area (Å²) in [6, 6.07) is 10.3. The number of rotatable bonds is 3. The largest absolute Gasteiger partial charge is 0.478 e. The van der Waals surface area contributed by atoms with E-state index in [0.29, 0.717) is 0 Å². The van der Waals surface area contributed by atoms with E-state index in [2.05, 4.69) is 0 Å². The van der Waals surface area contributed by atoms with Crippen LogP contribution in [0.2, 0.25) is 5.02 Å². The smallest absolute Gasteiger partial charge is 0.339 e. The zero-order valence-corrected chi connectivity index (χ0v) is 9.82. The van der Waals surface area contributed by atoms with E-state index < -0.39 is 11.8 Å². The Kier molecular flexibility index (Phi) is 3.48. The van der Waals surface area contributed by atoms with Crippen LogP contribution in [0.15, 0.2) is 42.5 Å². The molecule has 0 heterocycles. The molecular weight excluding hydrogens is 259 g/mol.